The SMILES string of the molecule is COc1ccnc(CN2CCCC(c3ncc[nH]3)C2)c1. The van der Waals surface area contributed by atoms with Crippen molar-refractivity contribution in [2.45, 2.75) is 25.3 Å². The second-order valence-electron chi connectivity index (χ2n) is 5.24. The molecule has 1 aliphatic rings. The molecular weight excluding hydrogens is 252 g/mol. The summed E-state index contributed by atoms with van der Waals surface area (Å²) >= 11 is 0. The van der Waals surface area contributed by atoms with Gasteiger partial charge in [0.1, 0.15) is 11.6 Å². The molecule has 1 saturated heterocycles. The molecule has 20 heavy (non-hydrogen) atoms. The summed E-state index contributed by atoms with van der Waals surface area (Å²) in [7, 11) is 1.69. The van der Waals surface area contributed by atoms with E-state index in [1.807, 2.05) is 30.7 Å². The zero-order valence-electron chi connectivity index (χ0n) is 11.7. The van der Waals surface area contributed by atoms with Crippen molar-refractivity contribution in [3.8, 4) is 5.75 Å². The van der Waals surface area contributed by atoms with Gasteiger partial charge in [0.25, 0.3) is 0 Å². The number of nitrogens with zero attached hydrogens (tertiary/aromatic N) is 3. The molecule has 3 heterocycles. The first kappa shape index (κ1) is 13.1. The number of H-pyrrole nitrogens is 1. The van der Waals surface area contributed by atoms with Gasteiger partial charge in [-0.25, -0.2) is 4.98 Å². The van der Waals surface area contributed by atoms with E-state index in [0.717, 1.165) is 36.9 Å². The third-order valence-electron chi connectivity index (χ3n) is 3.82. The minimum atomic E-state index is 0.504. The molecule has 5 heteroatoms. The topological polar surface area (TPSA) is 54.0 Å². The van der Waals surface area contributed by atoms with Gasteiger partial charge in [-0.15, -0.1) is 0 Å². The number of rotatable bonds is 4. The third-order valence-corrected chi connectivity index (χ3v) is 3.82. The van der Waals surface area contributed by atoms with Crippen molar-refractivity contribution in [1.82, 2.24) is 19.9 Å². The van der Waals surface area contributed by atoms with Crippen molar-refractivity contribution in [2.75, 3.05) is 20.2 Å². The van der Waals surface area contributed by atoms with Gasteiger partial charge < -0.3 is 9.72 Å². The summed E-state index contributed by atoms with van der Waals surface area (Å²) in [5.41, 5.74) is 1.06. The fraction of sp³-hybridized carbons (Fsp3) is 0.467. The number of aromatic amines is 1. The molecule has 5 nitrogen and oxygen atoms in total. The Hall–Kier alpha value is -1.88. The van der Waals surface area contributed by atoms with E-state index in [-0.39, 0.29) is 0 Å². The van der Waals surface area contributed by atoms with Gasteiger partial charge in [-0.05, 0) is 25.5 Å². The van der Waals surface area contributed by atoms with Gasteiger partial charge in [0.15, 0.2) is 0 Å². The summed E-state index contributed by atoms with van der Waals surface area (Å²) in [6.45, 7) is 3.02. The lowest BCUT2D eigenvalue weighted by Crippen LogP contribution is -2.34. The first-order valence-electron chi connectivity index (χ1n) is 7.05. The summed E-state index contributed by atoms with van der Waals surface area (Å²) in [4.78, 5) is 14.5. The molecule has 0 saturated carbocycles. The maximum atomic E-state index is 5.25. The Morgan fingerprint density at radius 1 is 1.40 bits per heavy atom. The predicted molar refractivity (Wildman–Crippen MR) is 76.6 cm³/mol. The van der Waals surface area contributed by atoms with Crippen molar-refractivity contribution in [3.05, 3.63) is 42.2 Å². The van der Waals surface area contributed by atoms with Gasteiger partial charge >= 0.3 is 0 Å². The van der Waals surface area contributed by atoms with Crippen LogP contribution in [-0.4, -0.2) is 40.1 Å². The molecule has 1 N–H and O–H groups in total. The summed E-state index contributed by atoms with van der Waals surface area (Å²) in [6.07, 6.45) is 7.95. The molecule has 0 amide bonds. The summed E-state index contributed by atoms with van der Waals surface area (Å²) in [6, 6.07) is 3.89. The van der Waals surface area contributed by atoms with Crippen LogP contribution in [0.25, 0.3) is 0 Å². The molecule has 3 rings (SSSR count). The van der Waals surface area contributed by atoms with E-state index in [4.69, 9.17) is 4.74 Å². The number of methoxy groups -OCH3 is 1. The van der Waals surface area contributed by atoms with Gasteiger partial charge in [0.2, 0.25) is 0 Å². The number of pyridine rings is 1. The lowest BCUT2D eigenvalue weighted by Gasteiger charge is -2.31. The van der Waals surface area contributed by atoms with Crippen molar-refractivity contribution in [2.24, 2.45) is 0 Å². The Balaban J connectivity index is 1.65. The molecule has 1 fully saturated rings. The van der Waals surface area contributed by atoms with E-state index in [9.17, 15) is 0 Å². The second kappa shape index (κ2) is 6.05. The molecule has 1 unspecified atom stereocenters. The molecule has 1 aliphatic heterocycles. The number of imidazole rings is 1. The molecule has 2 aromatic rings. The van der Waals surface area contributed by atoms with Gasteiger partial charge in [-0.3, -0.25) is 9.88 Å². The summed E-state index contributed by atoms with van der Waals surface area (Å²) in [5, 5.41) is 0. The summed E-state index contributed by atoms with van der Waals surface area (Å²) in [5.74, 6) is 2.48. The van der Waals surface area contributed by atoms with E-state index < -0.39 is 0 Å². The van der Waals surface area contributed by atoms with E-state index >= 15 is 0 Å². The average Bonchev–Trinajstić information content (AvgIpc) is 3.02. The van der Waals surface area contributed by atoms with Crippen LogP contribution in [0, 0.1) is 0 Å². The number of hydrogen-bond donors (Lipinski definition) is 1. The molecule has 0 aromatic carbocycles. The molecule has 0 radical (unpaired) electrons. The Labute approximate surface area is 119 Å². The zero-order chi connectivity index (χ0) is 13.8. The zero-order valence-corrected chi connectivity index (χ0v) is 11.7. The Bertz CT molecular complexity index is 541. The molecule has 1 atom stereocenters. The van der Waals surface area contributed by atoms with Crippen molar-refractivity contribution in [3.63, 3.8) is 0 Å². The number of hydrogen-bond acceptors (Lipinski definition) is 4. The molecular formula is C15H20N4O. The van der Waals surface area contributed by atoms with Crippen LogP contribution >= 0.6 is 0 Å². The van der Waals surface area contributed by atoms with Crippen LogP contribution in [0.4, 0.5) is 0 Å². The van der Waals surface area contributed by atoms with E-state index in [0.29, 0.717) is 5.92 Å². The minimum Gasteiger partial charge on any atom is -0.497 e. The highest BCUT2D eigenvalue weighted by Crippen LogP contribution is 2.25. The smallest absolute Gasteiger partial charge is 0.122 e. The number of likely N-dealkylation sites (tertiary alicyclic amines) is 1. The first-order chi connectivity index (χ1) is 9.85. The van der Waals surface area contributed by atoms with Crippen molar-refractivity contribution < 1.29 is 4.74 Å². The predicted octanol–water partition coefficient (Wildman–Crippen LogP) is 2.19. The van der Waals surface area contributed by atoms with Gasteiger partial charge in [-0.1, -0.05) is 0 Å². The number of nitrogens with one attached hydrogen (secondary N) is 1. The average molecular weight is 272 g/mol. The monoisotopic (exact) mass is 272 g/mol. The van der Waals surface area contributed by atoms with Crippen LogP contribution in [0.1, 0.15) is 30.3 Å². The lowest BCUT2D eigenvalue weighted by atomic mass is 9.97. The van der Waals surface area contributed by atoms with Crippen LogP contribution in [-0.2, 0) is 6.54 Å². The van der Waals surface area contributed by atoms with E-state index in [2.05, 4.69) is 19.9 Å². The lowest BCUT2D eigenvalue weighted by molar-refractivity contribution is 0.194. The van der Waals surface area contributed by atoms with Crippen molar-refractivity contribution in [1.29, 1.82) is 0 Å². The Kier molecular flexibility index (Phi) is 3.97. The normalized spacial score (nSPS) is 19.9. The molecule has 0 aliphatic carbocycles. The Morgan fingerprint density at radius 2 is 2.35 bits per heavy atom. The molecule has 106 valence electrons. The van der Waals surface area contributed by atoms with Crippen LogP contribution in [0.3, 0.4) is 0 Å². The highest BCUT2D eigenvalue weighted by atomic mass is 16.5. The third kappa shape index (κ3) is 2.99. The quantitative estimate of drug-likeness (QED) is 0.927. The fourth-order valence-corrected chi connectivity index (χ4v) is 2.82. The largest absolute Gasteiger partial charge is 0.497 e. The second-order valence-corrected chi connectivity index (χ2v) is 5.24. The van der Waals surface area contributed by atoms with Crippen LogP contribution in [0.15, 0.2) is 30.7 Å². The van der Waals surface area contributed by atoms with E-state index in [1.165, 1.54) is 12.8 Å². The number of aromatic nitrogens is 3. The fourth-order valence-electron chi connectivity index (χ4n) is 2.82. The van der Waals surface area contributed by atoms with Crippen LogP contribution < -0.4 is 4.74 Å². The van der Waals surface area contributed by atoms with E-state index in [1.54, 1.807) is 7.11 Å². The van der Waals surface area contributed by atoms with Gasteiger partial charge in [0.05, 0.1) is 12.8 Å². The summed E-state index contributed by atoms with van der Waals surface area (Å²) < 4.78 is 5.25. The molecule has 0 spiro atoms. The molecule has 0 bridgehead atoms. The minimum absolute atomic E-state index is 0.504. The highest BCUT2D eigenvalue weighted by Gasteiger charge is 2.23. The Morgan fingerprint density at radius 3 is 3.15 bits per heavy atom. The van der Waals surface area contributed by atoms with Gasteiger partial charge in [-0.2, -0.15) is 0 Å². The maximum Gasteiger partial charge on any atom is 0.122 e. The van der Waals surface area contributed by atoms with Gasteiger partial charge in [0, 0.05) is 43.7 Å². The number of ether oxygens (including phenoxy) is 1. The molecule has 2 aromatic heterocycles. The number of piperidine rings is 1. The van der Waals surface area contributed by atoms with Crippen LogP contribution in [0.5, 0.6) is 5.75 Å². The van der Waals surface area contributed by atoms with Crippen molar-refractivity contribution >= 4 is 0 Å². The first-order valence-corrected chi connectivity index (χ1v) is 7.05. The highest BCUT2D eigenvalue weighted by molar-refractivity contribution is 5.22. The van der Waals surface area contributed by atoms with Crippen LogP contribution in [0.2, 0.25) is 0 Å². The standard InChI is InChI=1S/C15H20N4O/c1-20-14-4-5-16-13(9-14)11-19-8-2-3-12(10-19)15-17-6-7-18-15/h4-7,9,12H,2-3,8,10-11H2,1H3,(H,17,18). The maximum absolute atomic E-state index is 5.25.